The fourth-order valence-corrected chi connectivity index (χ4v) is 3.38. The minimum atomic E-state index is -0.329. The van der Waals surface area contributed by atoms with Gasteiger partial charge in [-0.3, -0.25) is 10.1 Å². The second-order valence-electron chi connectivity index (χ2n) is 6.44. The molecule has 0 aromatic heterocycles. The lowest BCUT2D eigenvalue weighted by Crippen LogP contribution is -2.39. The first-order valence-electron chi connectivity index (χ1n) is 8.77. The van der Waals surface area contributed by atoms with Crippen molar-refractivity contribution in [2.24, 2.45) is 0 Å². The third-order valence-corrected chi connectivity index (χ3v) is 4.74. The molecule has 0 bridgehead atoms. The summed E-state index contributed by atoms with van der Waals surface area (Å²) in [6.45, 7) is 2.57. The Bertz CT molecular complexity index is 742. The third kappa shape index (κ3) is 3.46. The lowest BCUT2D eigenvalue weighted by atomic mass is 10.0. The number of hydrogen-bond donors (Lipinski definition) is 1. The number of fused-ring (bicyclic) bond motifs is 1. The summed E-state index contributed by atoms with van der Waals surface area (Å²) in [5.41, 5.74) is 2.07. The summed E-state index contributed by atoms with van der Waals surface area (Å²) in [7, 11) is 0. The largest absolute Gasteiger partial charge is 0.454 e. The summed E-state index contributed by atoms with van der Waals surface area (Å²) in [6, 6.07) is 15.5. The maximum absolute atomic E-state index is 13.0. The van der Waals surface area contributed by atoms with Crippen molar-refractivity contribution in [2.45, 2.75) is 25.4 Å². The Morgan fingerprint density at radius 3 is 2.60 bits per heavy atom. The van der Waals surface area contributed by atoms with E-state index in [1.165, 1.54) is 0 Å². The van der Waals surface area contributed by atoms with Crippen LogP contribution in [0.15, 0.2) is 48.5 Å². The molecule has 130 valence electrons. The standard InChI is InChI=1S/C20H22N2O3/c23-20(22-10-4-5-11-22)19(16-6-2-1-3-7-16)21-13-15-8-9-17-18(12-15)25-14-24-17/h1-3,6-9,12,19,21H,4-5,10-11,13-14H2/t19-/m0/s1. The van der Waals surface area contributed by atoms with E-state index in [-0.39, 0.29) is 18.7 Å². The molecule has 1 atom stereocenters. The maximum Gasteiger partial charge on any atom is 0.244 e. The van der Waals surface area contributed by atoms with Crippen molar-refractivity contribution in [3.05, 3.63) is 59.7 Å². The highest BCUT2D eigenvalue weighted by Crippen LogP contribution is 2.32. The average molecular weight is 338 g/mol. The summed E-state index contributed by atoms with van der Waals surface area (Å²) in [6.07, 6.45) is 2.19. The van der Waals surface area contributed by atoms with Gasteiger partial charge >= 0.3 is 0 Å². The van der Waals surface area contributed by atoms with Gasteiger partial charge in [0.15, 0.2) is 11.5 Å². The SMILES string of the molecule is O=C([C@@H](NCc1ccc2c(c1)OCO2)c1ccccc1)N1CCCC1. The van der Waals surface area contributed by atoms with Crippen LogP contribution in [0.4, 0.5) is 0 Å². The monoisotopic (exact) mass is 338 g/mol. The predicted molar refractivity (Wildman–Crippen MR) is 94.4 cm³/mol. The summed E-state index contributed by atoms with van der Waals surface area (Å²) < 4.78 is 10.8. The van der Waals surface area contributed by atoms with Crippen LogP contribution < -0.4 is 14.8 Å². The first kappa shape index (κ1) is 16.0. The Morgan fingerprint density at radius 2 is 1.80 bits per heavy atom. The van der Waals surface area contributed by atoms with E-state index < -0.39 is 0 Å². The molecule has 0 aliphatic carbocycles. The van der Waals surface area contributed by atoms with E-state index in [9.17, 15) is 4.79 Å². The molecule has 5 heteroatoms. The van der Waals surface area contributed by atoms with E-state index in [4.69, 9.17) is 9.47 Å². The van der Waals surface area contributed by atoms with Gasteiger partial charge in [-0.25, -0.2) is 0 Å². The van der Waals surface area contributed by atoms with Gasteiger partial charge in [-0.05, 0) is 36.1 Å². The van der Waals surface area contributed by atoms with Crippen LogP contribution in [0.25, 0.3) is 0 Å². The van der Waals surface area contributed by atoms with Crippen LogP contribution in [0.2, 0.25) is 0 Å². The molecule has 2 heterocycles. The molecule has 0 saturated carbocycles. The lowest BCUT2D eigenvalue weighted by Gasteiger charge is -2.24. The number of benzene rings is 2. The number of carbonyl (C=O) groups is 1. The van der Waals surface area contributed by atoms with Crippen molar-refractivity contribution >= 4 is 5.91 Å². The van der Waals surface area contributed by atoms with Gasteiger partial charge < -0.3 is 14.4 Å². The summed E-state index contributed by atoms with van der Waals surface area (Å²) >= 11 is 0. The van der Waals surface area contributed by atoms with E-state index in [1.807, 2.05) is 53.4 Å². The Hall–Kier alpha value is -2.53. The maximum atomic E-state index is 13.0. The molecule has 1 fully saturated rings. The first-order chi connectivity index (χ1) is 12.3. The minimum Gasteiger partial charge on any atom is -0.454 e. The van der Waals surface area contributed by atoms with Gasteiger partial charge in [-0.2, -0.15) is 0 Å². The Balaban J connectivity index is 1.51. The normalized spacial score (nSPS) is 16.9. The molecule has 0 unspecified atom stereocenters. The van der Waals surface area contributed by atoms with Crippen LogP contribution in [0.5, 0.6) is 11.5 Å². The van der Waals surface area contributed by atoms with Gasteiger partial charge in [0.25, 0.3) is 0 Å². The van der Waals surface area contributed by atoms with Gasteiger partial charge in [0, 0.05) is 19.6 Å². The predicted octanol–water partition coefficient (Wildman–Crippen LogP) is 2.87. The molecule has 2 aromatic rings. The molecule has 1 saturated heterocycles. The minimum absolute atomic E-state index is 0.157. The molecule has 25 heavy (non-hydrogen) atoms. The molecular weight excluding hydrogens is 316 g/mol. The van der Waals surface area contributed by atoms with E-state index in [1.54, 1.807) is 0 Å². The third-order valence-electron chi connectivity index (χ3n) is 4.74. The van der Waals surface area contributed by atoms with Crippen LogP contribution >= 0.6 is 0 Å². The molecule has 5 nitrogen and oxygen atoms in total. The van der Waals surface area contributed by atoms with Crippen LogP contribution in [0.3, 0.4) is 0 Å². The van der Waals surface area contributed by atoms with Crippen molar-refractivity contribution in [2.75, 3.05) is 19.9 Å². The molecule has 2 aliphatic rings. The topological polar surface area (TPSA) is 50.8 Å². The van der Waals surface area contributed by atoms with Crippen molar-refractivity contribution < 1.29 is 14.3 Å². The molecular formula is C20H22N2O3. The quantitative estimate of drug-likeness (QED) is 0.911. The second-order valence-corrected chi connectivity index (χ2v) is 6.44. The van der Waals surface area contributed by atoms with Crippen molar-refractivity contribution in [1.29, 1.82) is 0 Å². The Kier molecular flexibility index (Phi) is 4.57. The van der Waals surface area contributed by atoms with Gasteiger partial charge in [-0.1, -0.05) is 36.4 Å². The number of ether oxygens (including phenoxy) is 2. The molecule has 1 N–H and O–H groups in total. The van der Waals surface area contributed by atoms with E-state index >= 15 is 0 Å². The summed E-state index contributed by atoms with van der Waals surface area (Å²) in [5.74, 6) is 1.70. The highest BCUT2D eigenvalue weighted by atomic mass is 16.7. The van der Waals surface area contributed by atoms with Crippen LogP contribution in [-0.2, 0) is 11.3 Å². The fraction of sp³-hybridized carbons (Fsp3) is 0.350. The molecule has 2 aromatic carbocycles. The van der Waals surface area contributed by atoms with Gasteiger partial charge in [-0.15, -0.1) is 0 Å². The smallest absolute Gasteiger partial charge is 0.244 e. The number of carbonyl (C=O) groups excluding carboxylic acids is 1. The molecule has 4 rings (SSSR count). The molecule has 0 spiro atoms. The highest BCUT2D eigenvalue weighted by molar-refractivity contribution is 5.83. The summed E-state index contributed by atoms with van der Waals surface area (Å²) in [4.78, 5) is 14.9. The van der Waals surface area contributed by atoms with Gasteiger partial charge in [0.2, 0.25) is 12.7 Å². The Morgan fingerprint density at radius 1 is 1.04 bits per heavy atom. The lowest BCUT2D eigenvalue weighted by molar-refractivity contribution is -0.132. The zero-order valence-corrected chi connectivity index (χ0v) is 14.1. The number of nitrogens with one attached hydrogen (secondary N) is 1. The average Bonchev–Trinajstić information content (AvgIpc) is 3.34. The fourth-order valence-electron chi connectivity index (χ4n) is 3.38. The zero-order valence-electron chi connectivity index (χ0n) is 14.1. The van der Waals surface area contributed by atoms with Crippen LogP contribution in [0, 0.1) is 0 Å². The second kappa shape index (κ2) is 7.15. The van der Waals surface area contributed by atoms with Gasteiger partial charge in [0.1, 0.15) is 6.04 Å². The van der Waals surface area contributed by atoms with E-state index in [0.717, 1.165) is 48.6 Å². The molecule has 2 aliphatic heterocycles. The van der Waals surface area contributed by atoms with Crippen LogP contribution in [0.1, 0.15) is 30.0 Å². The van der Waals surface area contributed by atoms with Crippen LogP contribution in [-0.4, -0.2) is 30.7 Å². The number of nitrogens with zero attached hydrogens (tertiary/aromatic N) is 1. The van der Waals surface area contributed by atoms with Crippen molar-refractivity contribution in [1.82, 2.24) is 10.2 Å². The van der Waals surface area contributed by atoms with E-state index in [0.29, 0.717) is 6.54 Å². The van der Waals surface area contributed by atoms with E-state index in [2.05, 4.69) is 5.32 Å². The zero-order chi connectivity index (χ0) is 17.1. The number of hydrogen-bond acceptors (Lipinski definition) is 4. The Labute approximate surface area is 147 Å². The first-order valence-corrected chi connectivity index (χ1v) is 8.77. The number of amides is 1. The van der Waals surface area contributed by atoms with Crippen molar-refractivity contribution in [3.63, 3.8) is 0 Å². The molecule has 0 radical (unpaired) electrons. The number of likely N-dealkylation sites (tertiary alicyclic amines) is 1. The molecule has 1 amide bonds. The van der Waals surface area contributed by atoms with Gasteiger partial charge in [0.05, 0.1) is 0 Å². The highest BCUT2D eigenvalue weighted by Gasteiger charge is 2.27. The summed E-state index contributed by atoms with van der Waals surface area (Å²) in [5, 5.41) is 3.43. The van der Waals surface area contributed by atoms with Crippen molar-refractivity contribution in [3.8, 4) is 11.5 Å². The number of rotatable bonds is 5.